The van der Waals surface area contributed by atoms with Crippen LogP contribution in [0.3, 0.4) is 0 Å². The lowest BCUT2D eigenvalue weighted by molar-refractivity contribution is -0.137. The molecule has 0 spiro atoms. The Labute approximate surface area is 213 Å². The lowest BCUT2D eigenvalue weighted by Crippen LogP contribution is -2.22. The van der Waals surface area contributed by atoms with E-state index >= 15 is 0 Å². The number of nitrogens with two attached hydrogens (primary N) is 1. The first kappa shape index (κ1) is 28.9. The molecule has 0 unspecified atom stereocenters. The first-order valence-corrected chi connectivity index (χ1v) is 12.3. The number of halogens is 6. The summed E-state index contributed by atoms with van der Waals surface area (Å²) in [5, 5.41) is 10.0. The molecule has 7 nitrogen and oxygen atoms in total. The number of sulfonamides is 1. The highest BCUT2D eigenvalue weighted by Gasteiger charge is 2.34. The molecule has 3 aromatic rings. The Kier molecular flexibility index (Phi) is 8.69. The van der Waals surface area contributed by atoms with E-state index < -0.39 is 52.0 Å². The minimum absolute atomic E-state index is 0.0465. The predicted molar refractivity (Wildman–Crippen MR) is 127 cm³/mol. The largest absolute Gasteiger partial charge is 0.495 e. The zero-order chi connectivity index (χ0) is 28.3. The van der Waals surface area contributed by atoms with Gasteiger partial charge in [-0.15, -0.1) is 0 Å². The summed E-state index contributed by atoms with van der Waals surface area (Å²) in [4.78, 5) is 12.6. The fraction of sp³-hybridized carbons (Fsp3) is 0.208. The van der Waals surface area contributed by atoms with Crippen LogP contribution >= 0.6 is 0 Å². The Morgan fingerprint density at radius 1 is 1.03 bits per heavy atom. The van der Waals surface area contributed by atoms with E-state index in [0.29, 0.717) is 6.07 Å². The van der Waals surface area contributed by atoms with Gasteiger partial charge in [0, 0.05) is 23.9 Å². The van der Waals surface area contributed by atoms with Gasteiger partial charge in [-0.05, 0) is 53.1 Å². The molecule has 0 saturated heterocycles. The third-order valence-corrected chi connectivity index (χ3v) is 6.24. The van der Waals surface area contributed by atoms with E-state index in [1.807, 2.05) is 0 Å². The van der Waals surface area contributed by atoms with Crippen molar-refractivity contribution in [3.05, 3.63) is 77.1 Å². The number of primary sulfonamides is 1. The van der Waals surface area contributed by atoms with Gasteiger partial charge in [-0.3, -0.25) is 4.79 Å². The minimum Gasteiger partial charge on any atom is -0.495 e. The van der Waals surface area contributed by atoms with Gasteiger partial charge < -0.3 is 15.4 Å². The molecule has 4 N–H and O–H groups in total. The maximum atomic E-state index is 13.6. The molecule has 0 atom stereocenters. The van der Waals surface area contributed by atoms with Crippen LogP contribution in [0.4, 0.5) is 32.0 Å². The smallest absolute Gasteiger partial charge is 0.417 e. The van der Waals surface area contributed by atoms with Crippen molar-refractivity contribution in [1.82, 2.24) is 5.32 Å². The number of rotatable bonds is 9. The third-order valence-electron chi connectivity index (χ3n) is 5.29. The van der Waals surface area contributed by atoms with Gasteiger partial charge in [0.2, 0.25) is 10.0 Å². The van der Waals surface area contributed by atoms with Crippen molar-refractivity contribution in [1.29, 1.82) is 0 Å². The van der Waals surface area contributed by atoms with Crippen molar-refractivity contribution in [2.75, 3.05) is 19.0 Å². The van der Waals surface area contributed by atoms with E-state index in [1.165, 1.54) is 37.4 Å². The molecule has 38 heavy (non-hydrogen) atoms. The van der Waals surface area contributed by atoms with Crippen LogP contribution < -0.4 is 20.5 Å². The SMILES string of the molecule is COc1cc(NC(=O)c2ccc(-c3ccc(F)cc3C(F)(F)F)c(CNCC(F)F)c2)ccc1S(N)(=O)=O. The lowest BCUT2D eigenvalue weighted by atomic mass is 9.93. The second-order valence-corrected chi connectivity index (χ2v) is 9.48. The molecule has 0 saturated carbocycles. The maximum absolute atomic E-state index is 13.6. The summed E-state index contributed by atoms with van der Waals surface area (Å²) in [6, 6.07) is 9.25. The molecule has 0 heterocycles. The lowest BCUT2D eigenvalue weighted by Gasteiger charge is -2.18. The number of amides is 1. The Balaban J connectivity index is 2.01. The molecule has 14 heteroatoms. The van der Waals surface area contributed by atoms with Crippen molar-refractivity contribution >= 4 is 21.6 Å². The number of ether oxygens (including phenoxy) is 1. The Bertz CT molecular complexity index is 1450. The summed E-state index contributed by atoms with van der Waals surface area (Å²) in [5.41, 5.74) is -1.59. The molecule has 0 aliphatic carbocycles. The highest BCUT2D eigenvalue weighted by molar-refractivity contribution is 7.89. The average Bonchev–Trinajstić information content (AvgIpc) is 2.82. The number of alkyl halides is 5. The molecule has 1 amide bonds. The molecule has 0 aliphatic heterocycles. The summed E-state index contributed by atoms with van der Waals surface area (Å²) in [6.07, 6.45) is -7.65. The van der Waals surface area contributed by atoms with Crippen molar-refractivity contribution < 1.29 is 44.3 Å². The van der Waals surface area contributed by atoms with Crippen LogP contribution in [0.2, 0.25) is 0 Å². The number of hydrogen-bond acceptors (Lipinski definition) is 5. The van der Waals surface area contributed by atoms with Crippen LogP contribution in [0, 0.1) is 5.82 Å². The predicted octanol–water partition coefficient (Wildman–Crippen LogP) is 4.77. The summed E-state index contributed by atoms with van der Waals surface area (Å²) in [5.74, 6) is -2.00. The van der Waals surface area contributed by atoms with E-state index in [0.717, 1.165) is 18.2 Å². The number of benzene rings is 3. The number of methoxy groups -OCH3 is 1. The van der Waals surface area contributed by atoms with Gasteiger partial charge in [0.15, 0.2) is 0 Å². The summed E-state index contributed by atoms with van der Waals surface area (Å²) < 4.78 is 108. The second-order valence-electron chi connectivity index (χ2n) is 7.95. The van der Waals surface area contributed by atoms with Crippen LogP contribution in [0.25, 0.3) is 11.1 Å². The van der Waals surface area contributed by atoms with Crippen LogP contribution in [-0.2, 0) is 22.7 Å². The molecule has 204 valence electrons. The summed E-state index contributed by atoms with van der Waals surface area (Å²) >= 11 is 0. The minimum atomic E-state index is -4.91. The molecule has 0 aromatic heterocycles. The third kappa shape index (κ3) is 7.02. The zero-order valence-electron chi connectivity index (χ0n) is 19.6. The molecule has 3 rings (SSSR count). The van der Waals surface area contributed by atoms with Crippen LogP contribution in [0.5, 0.6) is 5.75 Å². The molecule has 3 aromatic carbocycles. The first-order valence-electron chi connectivity index (χ1n) is 10.7. The number of nitrogens with one attached hydrogen (secondary N) is 2. The maximum Gasteiger partial charge on any atom is 0.417 e. The van der Waals surface area contributed by atoms with Crippen LogP contribution in [0.1, 0.15) is 21.5 Å². The molecule has 0 radical (unpaired) electrons. The highest BCUT2D eigenvalue weighted by atomic mass is 32.2. The van der Waals surface area contributed by atoms with E-state index in [9.17, 15) is 39.6 Å². The normalized spacial score (nSPS) is 12.0. The molecular formula is C24H21F6N3O4S. The Morgan fingerprint density at radius 2 is 1.71 bits per heavy atom. The van der Waals surface area contributed by atoms with Crippen molar-refractivity contribution in [3.63, 3.8) is 0 Å². The summed E-state index contributed by atoms with van der Waals surface area (Å²) in [7, 11) is -2.92. The number of anilines is 1. The number of carbonyl (C=O) groups excluding carboxylic acids is 1. The van der Waals surface area contributed by atoms with E-state index in [2.05, 4.69) is 10.6 Å². The fourth-order valence-corrected chi connectivity index (χ4v) is 4.31. The molecule has 0 aliphatic rings. The van der Waals surface area contributed by atoms with Gasteiger partial charge in [-0.2, -0.15) is 13.2 Å². The van der Waals surface area contributed by atoms with Gasteiger partial charge in [-0.1, -0.05) is 12.1 Å². The van der Waals surface area contributed by atoms with Crippen molar-refractivity contribution in [2.45, 2.75) is 24.0 Å². The second kappa shape index (κ2) is 11.4. The van der Waals surface area contributed by atoms with Crippen LogP contribution in [0.15, 0.2) is 59.5 Å². The Morgan fingerprint density at radius 3 is 2.32 bits per heavy atom. The van der Waals surface area contributed by atoms with Gasteiger partial charge in [0.05, 0.1) is 19.2 Å². The molecular weight excluding hydrogens is 540 g/mol. The number of hydrogen-bond donors (Lipinski definition) is 3. The van der Waals surface area contributed by atoms with Gasteiger partial charge in [-0.25, -0.2) is 26.7 Å². The van der Waals surface area contributed by atoms with Gasteiger partial charge in [0.1, 0.15) is 16.5 Å². The van der Waals surface area contributed by atoms with E-state index in [4.69, 9.17) is 9.88 Å². The fourth-order valence-electron chi connectivity index (χ4n) is 3.63. The zero-order valence-corrected chi connectivity index (χ0v) is 20.4. The quantitative estimate of drug-likeness (QED) is 0.326. The highest BCUT2D eigenvalue weighted by Crippen LogP contribution is 2.39. The molecule has 0 bridgehead atoms. The van der Waals surface area contributed by atoms with Crippen LogP contribution in [-0.4, -0.2) is 34.4 Å². The number of carbonyl (C=O) groups is 1. The van der Waals surface area contributed by atoms with E-state index in [1.54, 1.807) is 0 Å². The standard InChI is InChI=1S/C24H21F6N3O4S/c1-37-20-10-16(4-7-21(20)38(31,35)36)33-23(34)13-2-5-17(14(8-13)11-32-12-22(26)27)18-6-3-15(25)9-19(18)24(28,29)30/h2-10,22,32H,11-12H2,1H3,(H,33,34)(H2,31,35,36). The first-order chi connectivity index (χ1) is 17.7. The van der Waals surface area contributed by atoms with Crippen molar-refractivity contribution in [3.8, 4) is 16.9 Å². The summed E-state index contributed by atoms with van der Waals surface area (Å²) in [6.45, 7) is -1.09. The van der Waals surface area contributed by atoms with E-state index in [-0.39, 0.29) is 39.6 Å². The molecule has 0 fully saturated rings. The monoisotopic (exact) mass is 561 g/mol. The topological polar surface area (TPSA) is 111 Å². The van der Waals surface area contributed by atoms with Gasteiger partial charge >= 0.3 is 6.18 Å². The Hall–Kier alpha value is -3.62. The average molecular weight is 562 g/mol. The van der Waals surface area contributed by atoms with Gasteiger partial charge in [0.25, 0.3) is 12.3 Å². The van der Waals surface area contributed by atoms with Crippen molar-refractivity contribution in [2.24, 2.45) is 5.14 Å².